The summed E-state index contributed by atoms with van der Waals surface area (Å²) in [4.78, 5) is 31.3. The lowest BCUT2D eigenvalue weighted by molar-refractivity contribution is -0.131. The Morgan fingerprint density at radius 2 is 1.63 bits per heavy atom. The van der Waals surface area contributed by atoms with E-state index in [4.69, 9.17) is 0 Å². The molecule has 1 aliphatic rings. The fourth-order valence-corrected chi connectivity index (χ4v) is 4.00. The van der Waals surface area contributed by atoms with Gasteiger partial charge < -0.3 is 15.1 Å². The zero-order valence-electron chi connectivity index (χ0n) is 19.1. The van der Waals surface area contributed by atoms with Crippen molar-refractivity contribution in [2.24, 2.45) is 0 Å². The molecule has 6 heteroatoms. The number of amides is 2. The number of nitrogens with one attached hydrogen (secondary N) is 1. The molecule has 0 saturated carbocycles. The normalized spacial score (nSPS) is 15.6. The van der Waals surface area contributed by atoms with Crippen molar-refractivity contribution < 1.29 is 9.59 Å². The lowest BCUT2D eigenvalue weighted by Crippen LogP contribution is -2.52. The molecule has 2 amide bonds. The molecule has 1 aliphatic heterocycles. The predicted octanol–water partition coefficient (Wildman–Crippen LogP) is 3.13. The number of carbonyl (C=O) groups is 2. The Morgan fingerprint density at radius 1 is 1.00 bits per heavy atom. The van der Waals surface area contributed by atoms with Gasteiger partial charge >= 0.3 is 0 Å². The monoisotopic (exact) mass is 416 g/mol. The Balaban J connectivity index is 1.62. The standard InChI is InChI=1S/C24H40N4O2/c1-4-14-28(15-5-2)24(30)13-9-12-23(29)25-20-21(3)26-16-18-27(19-17-26)22-10-7-6-8-11-22/h6-8,10-11,21H,4-5,9,12-20H2,1-3H3,(H,25,29). The quantitative estimate of drug-likeness (QED) is 0.569. The molecule has 1 fully saturated rings. The first-order valence-electron chi connectivity index (χ1n) is 11.6. The van der Waals surface area contributed by atoms with Crippen LogP contribution in [0.4, 0.5) is 5.69 Å². The maximum absolute atomic E-state index is 12.3. The van der Waals surface area contributed by atoms with Crippen molar-refractivity contribution in [2.75, 3.05) is 50.7 Å². The van der Waals surface area contributed by atoms with Crippen LogP contribution in [-0.2, 0) is 9.59 Å². The summed E-state index contributed by atoms with van der Waals surface area (Å²) >= 11 is 0. The molecule has 1 atom stereocenters. The molecule has 0 aliphatic carbocycles. The van der Waals surface area contributed by atoms with E-state index >= 15 is 0 Å². The van der Waals surface area contributed by atoms with Crippen LogP contribution in [-0.4, -0.2) is 73.5 Å². The van der Waals surface area contributed by atoms with Gasteiger partial charge in [0.05, 0.1) is 0 Å². The molecular formula is C24H40N4O2. The van der Waals surface area contributed by atoms with Crippen LogP contribution in [0, 0.1) is 0 Å². The fourth-order valence-electron chi connectivity index (χ4n) is 4.00. The summed E-state index contributed by atoms with van der Waals surface area (Å²) in [6, 6.07) is 10.9. The van der Waals surface area contributed by atoms with Gasteiger partial charge in [-0.2, -0.15) is 0 Å². The second-order valence-corrected chi connectivity index (χ2v) is 8.25. The summed E-state index contributed by atoms with van der Waals surface area (Å²) in [5.41, 5.74) is 1.28. The van der Waals surface area contributed by atoms with E-state index < -0.39 is 0 Å². The second-order valence-electron chi connectivity index (χ2n) is 8.25. The zero-order valence-corrected chi connectivity index (χ0v) is 19.1. The molecule has 2 rings (SSSR count). The summed E-state index contributed by atoms with van der Waals surface area (Å²) in [6.07, 6.45) is 3.46. The van der Waals surface area contributed by atoms with E-state index in [1.807, 2.05) is 11.0 Å². The van der Waals surface area contributed by atoms with Crippen LogP contribution in [0.3, 0.4) is 0 Å². The van der Waals surface area contributed by atoms with E-state index in [-0.39, 0.29) is 11.8 Å². The SMILES string of the molecule is CCCN(CCC)C(=O)CCCC(=O)NCC(C)N1CCN(c2ccccc2)CC1. The van der Waals surface area contributed by atoms with Gasteiger partial charge in [0.2, 0.25) is 11.8 Å². The number of carbonyl (C=O) groups excluding carboxylic acids is 2. The van der Waals surface area contributed by atoms with Crippen LogP contribution in [0.15, 0.2) is 30.3 Å². The van der Waals surface area contributed by atoms with Crippen molar-refractivity contribution in [1.29, 1.82) is 0 Å². The third kappa shape index (κ3) is 7.98. The summed E-state index contributed by atoms with van der Waals surface area (Å²) in [5, 5.41) is 3.06. The van der Waals surface area contributed by atoms with E-state index in [9.17, 15) is 9.59 Å². The van der Waals surface area contributed by atoms with Crippen molar-refractivity contribution in [2.45, 2.75) is 58.9 Å². The largest absolute Gasteiger partial charge is 0.369 e. The molecule has 1 aromatic carbocycles. The van der Waals surface area contributed by atoms with E-state index in [1.165, 1.54) is 5.69 Å². The smallest absolute Gasteiger partial charge is 0.222 e. The van der Waals surface area contributed by atoms with E-state index in [0.717, 1.165) is 52.1 Å². The highest BCUT2D eigenvalue weighted by Crippen LogP contribution is 2.16. The first-order valence-corrected chi connectivity index (χ1v) is 11.6. The number of hydrogen-bond acceptors (Lipinski definition) is 4. The van der Waals surface area contributed by atoms with Gasteiger partial charge in [-0.3, -0.25) is 14.5 Å². The molecular weight excluding hydrogens is 376 g/mol. The molecule has 30 heavy (non-hydrogen) atoms. The third-order valence-corrected chi connectivity index (χ3v) is 5.79. The molecule has 1 N–H and O–H groups in total. The molecule has 0 bridgehead atoms. The molecule has 6 nitrogen and oxygen atoms in total. The predicted molar refractivity (Wildman–Crippen MR) is 124 cm³/mol. The van der Waals surface area contributed by atoms with Crippen LogP contribution < -0.4 is 10.2 Å². The first-order chi connectivity index (χ1) is 14.5. The minimum Gasteiger partial charge on any atom is -0.369 e. The van der Waals surface area contributed by atoms with Crippen molar-refractivity contribution in [1.82, 2.24) is 15.1 Å². The molecule has 1 aromatic rings. The summed E-state index contributed by atoms with van der Waals surface area (Å²) in [7, 11) is 0. The number of benzene rings is 1. The van der Waals surface area contributed by atoms with Crippen molar-refractivity contribution in [3.8, 4) is 0 Å². The molecule has 0 aromatic heterocycles. The van der Waals surface area contributed by atoms with E-state index in [1.54, 1.807) is 0 Å². The number of anilines is 1. The van der Waals surface area contributed by atoms with Gasteiger partial charge in [0.25, 0.3) is 0 Å². The Bertz CT molecular complexity index is 623. The maximum Gasteiger partial charge on any atom is 0.222 e. The van der Waals surface area contributed by atoms with Gasteiger partial charge in [-0.25, -0.2) is 0 Å². The van der Waals surface area contributed by atoms with Gasteiger partial charge in [0, 0.05) is 70.4 Å². The van der Waals surface area contributed by atoms with Crippen LogP contribution in [0.25, 0.3) is 0 Å². The average Bonchev–Trinajstić information content (AvgIpc) is 2.78. The average molecular weight is 417 g/mol. The Hall–Kier alpha value is -2.08. The van der Waals surface area contributed by atoms with Crippen molar-refractivity contribution >= 4 is 17.5 Å². The van der Waals surface area contributed by atoms with Crippen LogP contribution in [0.1, 0.15) is 52.9 Å². The molecule has 1 heterocycles. The minimum atomic E-state index is 0.0510. The number of piperazine rings is 1. The van der Waals surface area contributed by atoms with Gasteiger partial charge in [0.1, 0.15) is 0 Å². The Morgan fingerprint density at radius 3 is 2.23 bits per heavy atom. The highest BCUT2D eigenvalue weighted by atomic mass is 16.2. The number of nitrogens with zero attached hydrogens (tertiary/aromatic N) is 3. The third-order valence-electron chi connectivity index (χ3n) is 5.79. The molecule has 0 radical (unpaired) electrons. The topological polar surface area (TPSA) is 55.9 Å². The highest BCUT2D eigenvalue weighted by molar-refractivity contribution is 5.79. The summed E-state index contributed by atoms with van der Waals surface area (Å²) in [6.45, 7) is 12.7. The zero-order chi connectivity index (χ0) is 21.8. The van der Waals surface area contributed by atoms with E-state index in [2.05, 4.69) is 60.2 Å². The first kappa shape index (κ1) is 24.2. The lowest BCUT2D eigenvalue weighted by atomic mass is 10.2. The fraction of sp³-hybridized carbons (Fsp3) is 0.667. The van der Waals surface area contributed by atoms with Gasteiger partial charge in [-0.15, -0.1) is 0 Å². The van der Waals surface area contributed by atoms with Gasteiger partial charge in [-0.05, 0) is 38.3 Å². The second kappa shape index (κ2) is 13.3. The Labute approximate surface area is 182 Å². The number of hydrogen-bond donors (Lipinski definition) is 1. The maximum atomic E-state index is 12.3. The summed E-state index contributed by atoms with van der Waals surface area (Å²) < 4.78 is 0. The van der Waals surface area contributed by atoms with Crippen LogP contribution >= 0.6 is 0 Å². The van der Waals surface area contributed by atoms with Gasteiger partial charge in [0.15, 0.2) is 0 Å². The number of rotatable bonds is 12. The van der Waals surface area contributed by atoms with Crippen molar-refractivity contribution in [3.63, 3.8) is 0 Å². The van der Waals surface area contributed by atoms with Crippen LogP contribution in [0.5, 0.6) is 0 Å². The van der Waals surface area contributed by atoms with Crippen molar-refractivity contribution in [3.05, 3.63) is 30.3 Å². The van der Waals surface area contributed by atoms with E-state index in [0.29, 0.717) is 31.8 Å². The molecule has 1 saturated heterocycles. The molecule has 0 spiro atoms. The molecule has 1 unspecified atom stereocenters. The molecule has 168 valence electrons. The van der Waals surface area contributed by atoms with Crippen LogP contribution in [0.2, 0.25) is 0 Å². The Kier molecular flexibility index (Phi) is 10.7. The lowest BCUT2D eigenvalue weighted by Gasteiger charge is -2.39. The number of para-hydroxylation sites is 1. The van der Waals surface area contributed by atoms with Gasteiger partial charge in [-0.1, -0.05) is 32.0 Å². The minimum absolute atomic E-state index is 0.0510. The summed E-state index contributed by atoms with van der Waals surface area (Å²) in [5.74, 6) is 0.228. The highest BCUT2D eigenvalue weighted by Gasteiger charge is 2.21.